The number of benzene rings is 1. The predicted octanol–water partition coefficient (Wildman–Crippen LogP) is 2.62. The molecule has 2 heterocycles. The number of aromatic nitrogens is 1. The summed E-state index contributed by atoms with van der Waals surface area (Å²) in [6.45, 7) is 2.84. The number of anilines is 1. The van der Waals surface area contributed by atoms with Gasteiger partial charge in [-0.05, 0) is 18.1 Å². The van der Waals surface area contributed by atoms with E-state index >= 15 is 0 Å². The van der Waals surface area contributed by atoms with Gasteiger partial charge in [-0.15, -0.1) is 11.3 Å². The maximum absolute atomic E-state index is 12.5. The van der Waals surface area contributed by atoms with Crippen molar-refractivity contribution in [3.05, 3.63) is 40.8 Å². The molecular weight excluding hydrogens is 374 g/mol. The minimum atomic E-state index is -3.09. The van der Waals surface area contributed by atoms with Crippen LogP contribution in [-0.2, 0) is 16.4 Å². The molecule has 0 saturated carbocycles. The summed E-state index contributed by atoms with van der Waals surface area (Å²) >= 11 is 1.51. The van der Waals surface area contributed by atoms with Gasteiger partial charge in [0.1, 0.15) is 12.4 Å². The zero-order valence-corrected chi connectivity index (χ0v) is 16.1. The van der Waals surface area contributed by atoms with Crippen LogP contribution in [0.15, 0.2) is 35.2 Å². The summed E-state index contributed by atoms with van der Waals surface area (Å²) in [5, 5.41) is 4.74. The molecule has 1 aromatic carbocycles. The van der Waals surface area contributed by atoms with E-state index in [1.165, 1.54) is 11.3 Å². The number of nitrogens with one attached hydrogen (secondary N) is 1. The number of ether oxygens (including phenoxy) is 1. The van der Waals surface area contributed by atoms with Crippen LogP contribution in [0.1, 0.15) is 12.6 Å². The number of carbonyl (C=O) groups is 1. The second-order valence-corrected chi connectivity index (χ2v) is 9.34. The van der Waals surface area contributed by atoms with Gasteiger partial charge in [0.2, 0.25) is 0 Å². The smallest absolute Gasteiger partial charge is 0.321 e. The number of amides is 2. The highest BCUT2D eigenvalue weighted by atomic mass is 32.2. The molecule has 1 aromatic heterocycles. The Kier molecular flexibility index (Phi) is 5.77. The molecule has 2 aromatic rings. The lowest BCUT2D eigenvalue weighted by atomic mass is 10.2. The van der Waals surface area contributed by atoms with Crippen molar-refractivity contribution in [2.75, 3.05) is 29.9 Å². The fraction of sp³-hybridized carbons (Fsp3) is 0.412. The molecule has 1 fully saturated rings. The zero-order valence-electron chi connectivity index (χ0n) is 14.4. The van der Waals surface area contributed by atoms with Crippen molar-refractivity contribution in [3.8, 4) is 5.75 Å². The first-order chi connectivity index (χ1) is 12.4. The van der Waals surface area contributed by atoms with Crippen LogP contribution >= 0.6 is 11.3 Å². The zero-order chi connectivity index (χ0) is 18.6. The fourth-order valence-electron chi connectivity index (χ4n) is 2.80. The fourth-order valence-corrected chi connectivity index (χ4v) is 4.98. The lowest BCUT2D eigenvalue weighted by molar-refractivity contribution is 0.210. The first-order valence-corrected chi connectivity index (χ1v) is 11.0. The second kappa shape index (κ2) is 8.05. The summed E-state index contributed by atoms with van der Waals surface area (Å²) in [4.78, 5) is 18.2. The highest BCUT2D eigenvalue weighted by Crippen LogP contribution is 2.20. The summed E-state index contributed by atoms with van der Waals surface area (Å²) in [6.07, 6.45) is 0. The minimum absolute atomic E-state index is 0.00154. The Balaban J connectivity index is 1.61. The van der Waals surface area contributed by atoms with Gasteiger partial charge in [0.25, 0.3) is 0 Å². The predicted molar refractivity (Wildman–Crippen MR) is 101 cm³/mol. The topological polar surface area (TPSA) is 88.6 Å². The number of carbonyl (C=O) groups excluding carboxylic acids is 1. The maximum atomic E-state index is 12.5. The highest BCUT2D eigenvalue weighted by molar-refractivity contribution is 7.91. The number of hydrogen-bond donors (Lipinski definition) is 1. The number of urea groups is 1. The van der Waals surface area contributed by atoms with Crippen LogP contribution in [0.2, 0.25) is 0 Å². The highest BCUT2D eigenvalue weighted by Gasteiger charge is 2.26. The number of thiazole rings is 1. The Bertz CT molecular complexity index is 853. The largest absolute Gasteiger partial charge is 0.487 e. The van der Waals surface area contributed by atoms with E-state index in [-0.39, 0.29) is 30.0 Å². The SMILES string of the molecule is CC1CN(C(=O)Nc2cccc(OCc3cscn3)c2)CCS(=O)(=O)C1. The monoisotopic (exact) mass is 395 g/mol. The Hall–Kier alpha value is -2.13. The van der Waals surface area contributed by atoms with E-state index < -0.39 is 9.84 Å². The first-order valence-electron chi connectivity index (χ1n) is 8.27. The number of sulfone groups is 1. The van der Waals surface area contributed by atoms with Crippen LogP contribution in [0, 0.1) is 5.92 Å². The molecule has 0 bridgehead atoms. The van der Waals surface area contributed by atoms with Crippen molar-refractivity contribution in [3.63, 3.8) is 0 Å². The Morgan fingerprint density at radius 1 is 1.46 bits per heavy atom. The van der Waals surface area contributed by atoms with Crippen LogP contribution < -0.4 is 10.1 Å². The molecule has 2 amide bonds. The van der Waals surface area contributed by atoms with Gasteiger partial charge in [-0.1, -0.05) is 13.0 Å². The van der Waals surface area contributed by atoms with E-state index in [2.05, 4.69) is 10.3 Å². The number of hydrogen-bond acceptors (Lipinski definition) is 6. The van der Waals surface area contributed by atoms with Gasteiger partial charge in [0, 0.05) is 30.2 Å². The van der Waals surface area contributed by atoms with Crippen LogP contribution in [0.4, 0.5) is 10.5 Å². The first kappa shape index (κ1) is 18.7. The van der Waals surface area contributed by atoms with Gasteiger partial charge in [-0.25, -0.2) is 18.2 Å². The van der Waals surface area contributed by atoms with Crippen molar-refractivity contribution in [2.45, 2.75) is 13.5 Å². The summed E-state index contributed by atoms with van der Waals surface area (Å²) in [5.41, 5.74) is 3.20. The Morgan fingerprint density at radius 3 is 3.08 bits per heavy atom. The molecule has 140 valence electrons. The Morgan fingerprint density at radius 2 is 2.31 bits per heavy atom. The van der Waals surface area contributed by atoms with Crippen molar-refractivity contribution in [1.82, 2.24) is 9.88 Å². The van der Waals surface area contributed by atoms with Gasteiger partial charge in [0.15, 0.2) is 9.84 Å². The summed E-state index contributed by atoms with van der Waals surface area (Å²) in [6, 6.07) is 6.81. The minimum Gasteiger partial charge on any atom is -0.487 e. The quantitative estimate of drug-likeness (QED) is 0.860. The molecule has 3 rings (SSSR count). The van der Waals surface area contributed by atoms with Crippen molar-refractivity contribution >= 4 is 32.9 Å². The molecule has 26 heavy (non-hydrogen) atoms. The van der Waals surface area contributed by atoms with Crippen molar-refractivity contribution in [2.24, 2.45) is 5.92 Å². The van der Waals surface area contributed by atoms with E-state index in [1.54, 1.807) is 28.6 Å². The van der Waals surface area contributed by atoms with E-state index in [9.17, 15) is 13.2 Å². The molecule has 1 saturated heterocycles. The van der Waals surface area contributed by atoms with E-state index in [4.69, 9.17) is 4.74 Å². The summed E-state index contributed by atoms with van der Waals surface area (Å²) < 4.78 is 29.4. The third kappa shape index (κ3) is 5.18. The third-order valence-corrected chi connectivity index (χ3v) is 6.50. The third-order valence-electron chi connectivity index (χ3n) is 3.99. The average Bonchev–Trinajstić information content (AvgIpc) is 3.05. The molecule has 1 atom stereocenters. The molecule has 7 nitrogen and oxygen atoms in total. The van der Waals surface area contributed by atoms with E-state index in [1.807, 2.05) is 18.4 Å². The van der Waals surface area contributed by atoms with Crippen LogP contribution in [0.25, 0.3) is 0 Å². The molecule has 1 N–H and O–H groups in total. The van der Waals surface area contributed by atoms with Crippen molar-refractivity contribution < 1.29 is 17.9 Å². The maximum Gasteiger partial charge on any atom is 0.321 e. The lowest BCUT2D eigenvalue weighted by Gasteiger charge is -2.22. The van der Waals surface area contributed by atoms with Gasteiger partial charge < -0.3 is 15.0 Å². The van der Waals surface area contributed by atoms with E-state index in [0.717, 1.165) is 5.69 Å². The summed E-state index contributed by atoms with van der Waals surface area (Å²) in [5.74, 6) is 0.668. The molecule has 1 aliphatic heterocycles. The summed E-state index contributed by atoms with van der Waals surface area (Å²) in [7, 11) is -3.09. The second-order valence-electron chi connectivity index (χ2n) is 6.39. The van der Waals surface area contributed by atoms with Crippen LogP contribution in [0.3, 0.4) is 0 Å². The van der Waals surface area contributed by atoms with Gasteiger partial charge in [-0.2, -0.15) is 0 Å². The molecular formula is C17H21N3O4S2. The molecule has 0 aliphatic carbocycles. The van der Waals surface area contributed by atoms with Crippen LogP contribution in [0.5, 0.6) is 5.75 Å². The molecule has 1 unspecified atom stereocenters. The van der Waals surface area contributed by atoms with E-state index in [0.29, 0.717) is 24.6 Å². The molecule has 1 aliphatic rings. The van der Waals surface area contributed by atoms with Crippen molar-refractivity contribution in [1.29, 1.82) is 0 Å². The standard InChI is InChI=1S/C17H21N3O4S2/c1-13-8-20(5-6-26(22,23)11-13)17(21)19-14-3-2-4-16(7-14)24-9-15-10-25-12-18-15/h2-4,7,10,12-13H,5-6,8-9,11H2,1H3,(H,19,21). The lowest BCUT2D eigenvalue weighted by Crippen LogP contribution is -2.38. The molecule has 0 spiro atoms. The average molecular weight is 396 g/mol. The molecule has 0 radical (unpaired) electrons. The van der Waals surface area contributed by atoms with Crippen LogP contribution in [-0.4, -0.2) is 48.9 Å². The number of rotatable bonds is 4. The van der Waals surface area contributed by atoms with Gasteiger partial charge in [0.05, 0.1) is 22.7 Å². The normalized spacial score (nSPS) is 19.6. The van der Waals surface area contributed by atoms with Gasteiger partial charge >= 0.3 is 6.03 Å². The van der Waals surface area contributed by atoms with Gasteiger partial charge in [-0.3, -0.25) is 0 Å². The number of nitrogens with zero attached hydrogens (tertiary/aromatic N) is 2. The Labute approximate surface area is 156 Å². The molecule has 9 heteroatoms.